The molecule has 5 nitrogen and oxygen atoms in total. The zero-order valence-corrected chi connectivity index (χ0v) is 19.4. The van der Waals surface area contributed by atoms with E-state index in [1.165, 1.54) is 37.1 Å². The Morgan fingerprint density at radius 1 is 0.853 bits per heavy atom. The van der Waals surface area contributed by atoms with Crippen LogP contribution in [-0.4, -0.2) is 39.5 Å². The van der Waals surface area contributed by atoms with Gasteiger partial charge in [0.05, 0.1) is 17.8 Å². The molecule has 0 radical (unpaired) electrons. The van der Waals surface area contributed by atoms with Gasteiger partial charge < -0.3 is 4.74 Å². The van der Waals surface area contributed by atoms with E-state index in [1.807, 2.05) is 42.5 Å². The molecule has 172 valence electrons. The van der Waals surface area contributed by atoms with E-state index in [1.54, 1.807) is 6.20 Å². The normalized spacial score (nSPS) is 20.4. The minimum absolute atomic E-state index is 0.439. The Bertz CT molecular complexity index is 1250. The van der Waals surface area contributed by atoms with Gasteiger partial charge in [-0.25, -0.2) is 0 Å². The van der Waals surface area contributed by atoms with Gasteiger partial charge in [-0.3, -0.25) is 9.88 Å². The molecule has 2 aliphatic rings. The van der Waals surface area contributed by atoms with Gasteiger partial charge in [-0.1, -0.05) is 48.5 Å². The summed E-state index contributed by atoms with van der Waals surface area (Å²) in [6.07, 6.45) is 6.80. The van der Waals surface area contributed by atoms with Crippen LogP contribution in [0.2, 0.25) is 0 Å². The molecule has 1 aliphatic carbocycles. The van der Waals surface area contributed by atoms with Crippen LogP contribution >= 0.6 is 0 Å². The van der Waals surface area contributed by atoms with Gasteiger partial charge in [-0.05, 0) is 79.9 Å². The predicted octanol–water partition coefficient (Wildman–Crippen LogP) is 5.86. The third kappa shape index (κ3) is 4.53. The summed E-state index contributed by atoms with van der Waals surface area (Å²) in [5, 5.41) is 0.991. The molecule has 1 saturated heterocycles. The van der Waals surface area contributed by atoms with Gasteiger partial charge in [-0.15, -0.1) is 0 Å². The Morgan fingerprint density at radius 3 is 2.44 bits per heavy atom. The van der Waals surface area contributed by atoms with Gasteiger partial charge in [0.15, 0.2) is 0 Å². The molecule has 3 heterocycles. The lowest BCUT2D eigenvalue weighted by atomic mass is 9.72. The number of likely N-dealkylation sites (tertiary alicyclic amines) is 1. The number of aromatic nitrogens is 3. The standard InChI is InChI=1S/C29H30N4O/c1-2-8-26-25(7-1)28(27-9-3-4-14-30-27)32-29(31-26)34-20-22-17-24(18-22)23-12-10-21(11-13-23)19-33-15-5-6-16-33/h1-4,7-14,22,24H,5-6,15-20H2. The van der Waals surface area contributed by atoms with E-state index in [2.05, 4.69) is 39.1 Å². The molecule has 2 aromatic carbocycles. The molecule has 0 N–H and O–H groups in total. The summed E-state index contributed by atoms with van der Waals surface area (Å²) in [4.78, 5) is 16.4. The van der Waals surface area contributed by atoms with Crippen molar-refractivity contribution in [3.8, 4) is 17.4 Å². The fraction of sp³-hybridized carbons (Fsp3) is 0.345. The van der Waals surface area contributed by atoms with Crippen molar-refractivity contribution in [2.75, 3.05) is 19.7 Å². The van der Waals surface area contributed by atoms with Crippen LogP contribution in [0.3, 0.4) is 0 Å². The largest absolute Gasteiger partial charge is 0.463 e. The Kier molecular flexibility index (Phi) is 5.94. The van der Waals surface area contributed by atoms with Crippen LogP contribution < -0.4 is 4.74 Å². The van der Waals surface area contributed by atoms with Crippen LogP contribution in [0.25, 0.3) is 22.3 Å². The number of fused-ring (bicyclic) bond motifs is 1. The molecular weight excluding hydrogens is 420 g/mol. The quantitative estimate of drug-likeness (QED) is 0.353. The number of hydrogen-bond acceptors (Lipinski definition) is 5. The van der Waals surface area contributed by atoms with Crippen molar-refractivity contribution in [2.24, 2.45) is 5.92 Å². The lowest BCUT2D eigenvalue weighted by Crippen LogP contribution is -2.27. The average Bonchev–Trinajstić information content (AvgIpc) is 3.37. The van der Waals surface area contributed by atoms with Crippen molar-refractivity contribution in [3.05, 3.63) is 84.1 Å². The second kappa shape index (κ2) is 9.51. The Morgan fingerprint density at radius 2 is 1.65 bits per heavy atom. The zero-order valence-electron chi connectivity index (χ0n) is 19.4. The maximum atomic E-state index is 6.10. The van der Waals surface area contributed by atoms with E-state index in [-0.39, 0.29) is 0 Å². The highest BCUT2D eigenvalue weighted by Crippen LogP contribution is 2.42. The van der Waals surface area contributed by atoms with E-state index in [4.69, 9.17) is 9.72 Å². The summed E-state index contributed by atoms with van der Waals surface area (Å²) in [6.45, 7) is 4.24. The lowest BCUT2D eigenvalue weighted by molar-refractivity contribution is 0.150. The average molecular weight is 451 g/mol. The van der Waals surface area contributed by atoms with E-state index < -0.39 is 0 Å². The van der Waals surface area contributed by atoms with Crippen molar-refractivity contribution in [1.29, 1.82) is 0 Å². The maximum absolute atomic E-state index is 6.10. The van der Waals surface area contributed by atoms with Crippen LogP contribution in [0.5, 0.6) is 6.01 Å². The summed E-state index contributed by atoms with van der Waals surface area (Å²) in [6, 6.07) is 23.7. The fourth-order valence-electron chi connectivity index (χ4n) is 5.25. The molecule has 4 aromatic rings. The van der Waals surface area contributed by atoms with Crippen molar-refractivity contribution in [1.82, 2.24) is 19.9 Å². The first kappa shape index (κ1) is 21.2. The van der Waals surface area contributed by atoms with Crippen LogP contribution in [-0.2, 0) is 6.54 Å². The number of pyridine rings is 1. The third-order valence-electron chi connectivity index (χ3n) is 7.23. The third-order valence-corrected chi connectivity index (χ3v) is 7.23. The van der Waals surface area contributed by atoms with Crippen LogP contribution in [0, 0.1) is 5.92 Å². The molecule has 0 amide bonds. The zero-order chi connectivity index (χ0) is 22.7. The van der Waals surface area contributed by atoms with Gasteiger partial charge >= 0.3 is 6.01 Å². The van der Waals surface area contributed by atoms with E-state index >= 15 is 0 Å². The highest BCUT2D eigenvalue weighted by molar-refractivity contribution is 5.91. The smallest absolute Gasteiger partial charge is 0.317 e. The summed E-state index contributed by atoms with van der Waals surface area (Å²) in [7, 11) is 0. The number of para-hydroxylation sites is 1. The minimum Gasteiger partial charge on any atom is -0.463 e. The number of hydrogen-bond donors (Lipinski definition) is 0. The van der Waals surface area contributed by atoms with Crippen LogP contribution in [0.1, 0.15) is 42.7 Å². The monoisotopic (exact) mass is 450 g/mol. The van der Waals surface area contributed by atoms with Gasteiger partial charge in [0.1, 0.15) is 5.69 Å². The highest BCUT2D eigenvalue weighted by atomic mass is 16.5. The minimum atomic E-state index is 0.439. The van der Waals surface area contributed by atoms with Crippen LogP contribution in [0.4, 0.5) is 0 Å². The van der Waals surface area contributed by atoms with E-state index in [0.29, 0.717) is 24.5 Å². The molecule has 1 aliphatic heterocycles. The topological polar surface area (TPSA) is 51.1 Å². The summed E-state index contributed by atoms with van der Waals surface area (Å²) < 4.78 is 6.10. The molecule has 0 bridgehead atoms. The highest BCUT2D eigenvalue weighted by Gasteiger charge is 2.31. The second-order valence-electron chi connectivity index (χ2n) is 9.66. The van der Waals surface area contributed by atoms with Crippen molar-refractivity contribution >= 4 is 10.9 Å². The molecular formula is C29H30N4O. The maximum Gasteiger partial charge on any atom is 0.317 e. The Hall–Kier alpha value is -3.31. The number of benzene rings is 2. The van der Waals surface area contributed by atoms with Gasteiger partial charge in [0, 0.05) is 18.1 Å². The molecule has 1 saturated carbocycles. The second-order valence-corrected chi connectivity index (χ2v) is 9.66. The predicted molar refractivity (Wildman–Crippen MR) is 135 cm³/mol. The summed E-state index contributed by atoms with van der Waals surface area (Å²) in [5.74, 6) is 1.18. The molecule has 2 fully saturated rings. The number of ether oxygens (including phenoxy) is 1. The molecule has 2 aromatic heterocycles. The van der Waals surface area contributed by atoms with Crippen molar-refractivity contribution in [3.63, 3.8) is 0 Å². The summed E-state index contributed by atoms with van der Waals surface area (Å²) >= 11 is 0. The first-order chi connectivity index (χ1) is 16.8. The number of rotatable bonds is 7. The van der Waals surface area contributed by atoms with E-state index in [0.717, 1.165) is 41.7 Å². The molecule has 0 spiro atoms. The Labute approximate surface area is 200 Å². The summed E-state index contributed by atoms with van der Waals surface area (Å²) in [5.41, 5.74) is 5.43. The van der Waals surface area contributed by atoms with Gasteiger partial charge in [0.25, 0.3) is 0 Å². The van der Waals surface area contributed by atoms with Gasteiger partial charge in [-0.2, -0.15) is 9.97 Å². The lowest BCUT2D eigenvalue weighted by Gasteiger charge is -2.35. The van der Waals surface area contributed by atoms with Gasteiger partial charge in [0.2, 0.25) is 0 Å². The first-order valence-corrected chi connectivity index (χ1v) is 12.4. The first-order valence-electron chi connectivity index (χ1n) is 12.4. The molecule has 5 heteroatoms. The molecule has 0 unspecified atom stereocenters. The fourth-order valence-corrected chi connectivity index (χ4v) is 5.25. The molecule has 0 atom stereocenters. The van der Waals surface area contributed by atoms with Crippen molar-refractivity contribution < 1.29 is 4.74 Å². The molecule has 6 rings (SSSR count). The molecule has 34 heavy (non-hydrogen) atoms. The van der Waals surface area contributed by atoms with Crippen LogP contribution in [0.15, 0.2) is 72.9 Å². The van der Waals surface area contributed by atoms with E-state index in [9.17, 15) is 0 Å². The Balaban J connectivity index is 1.08. The van der Waals surface area contributed by atoms with Crippen molar-refractivity contribution in [2.45, 2.75) is 38.1 Å². The SMILES string of the molecule is c1ccc(-c2nc(OCC3CC(c4ccc(CN5CCCC5)cc4)C3)nc3ccccc23)nc1. The number of nitrogens with zero attached hydrogens (tertiary/aromatic N) is 4.